The van der Waals surface area contributed by atoms with Gasteiger partial charge in [0.15, 0.2) is 0 Å². The molecule has 1 aliphatic carbocycles. The summed E-state index contributed by atoms with van der Waals surface area (Å²) in [4.78, 5) is 11.4. The number of aliphatic hydroxyl groups is 1. The van der Waals surface area contributed by atoms with Gasteiger partial charge in [0.1, 0.15) is 0 Å². The lowest BCUT2D eigenvalue weighted by molar-refractivity contribution is -0.117. The van der Waals surface area contributed by atoms with Gasteiger partial charge in [0.05, 0.1) is 0 Å². The number of carbonyl (C=O) groups is 1. The topological polar surface area (TPSA) is 49.3 Å². The molecule has 0 heterocycles. The second-order valence-electron chi connectivity index (χ2n) is 4.83. The first-order valence-electron chi connectivity index (χ1n) is 6.19. The zero-order valence-corrected chi connectivity index (χ0v) is 10.2. The van der Waals surface area contributed by atoms with E-state index in [2.05, 4.69) is 11.9 Å². The summed E-state index contributed by atoms with van der Waals surface area (Å²) in [5.41, 5.74) is 0.528. The molecule has 3 nitrogen and oxygen atoms in total. The van der Waals surface area contributed by atoms with Crippen molar-refractivity contribution >= 4 is 5.91 Å². The predicted molar refractivity (Wildman–Crippen MR) is 65.0 cm³/mol. The molecule has 0 aromatic heterocycles. The minimum Gasteiger partial charge on any atom is -0.396 e. The quantitative estimate of drug-likeness (QED) is 0.702. The number of rotatable bonds is 5. The number of hydrogen-bond acceptors (Lipinski definition) is 2. The fourth-order valence-electron chi connectivity index (χ4n) is 2.36. The molecule has 1 aliphatic rings. The largest absolute Gasteiger partial charge is 0.396 e. The molecule has 2 N–H and O–H groups in total. The Bertz CT molecular complexity index is 244. The summed E-state index contributed by atoms with van der Waals surface area (Å²) in [5.74, 6) is 0.682. The first-order valence-corrected chi connectivity index (χ1v) is 6.19. The number of carbonyl (C=O) groups excluding carboxylic acids is 1. The zero-order chi connectivity index (χ0) is 12.0. The van der Waals surface area contributed by atoms with E-state index < -0.39 is 0 Å². The summed E-state index contributed by atoms with van der Waals surface area (Å²) in [5, 5.41) is 12.2. The van der Waals surface area contributed by atoms with Crippen molar-refractivity contribution in [3.63, 3.8) is 0 Å². The van der Waals surface area contributed by atoms with Gasteiger partial charge in [-0.25, -0.2) is 0 Å². The van der Waals surface area contributed by atoms with Crippen LogP contribution in [0.3, 0.4) is 0 Å². The summed E-state index contributed by atoms with van der Waals surface area (Å²) in [7, 11) is 0. The molecule has 1 fully saturated rings. The van der Waals surface area contributed by atoms with Crippen molar-refractivity contribution in [2.75, 3.05) is 13.2 Å². The molecule has 92 valence electrons. The Morgan fingerprint density at radius 2 is 2.06 bits per heavy atom. The van der Waals surface area contributed by atoms with Crippen LogP contribution in [0.25, 0.3) is 0 Å². The van der Waals surface area contributed by atoms with Gasteiger partial charge in [-0.2, -0.15) is 0 Å². The number of hydrogen-bond donors (Lipinski definition) is 2. The maximum absolute atomic E-state index is 11.4. The van der Waals surface area contributed by atoms with Crippen LogP contribution < -0.4 is 5.32 Å². The number of amides is 1. The Morgan fingerprint density at radius 1 is 1.44 bits per heavy atom. The maximum Gasteiger partial charge on any atom is 0.246 e. The van der Waals surface area contributed by atoms with E-state index in [0.29, 0.717) is 18.0 Å². The van der Waals surface area contributed by atoms with Crippen LogP contribution in [-0.2, 0) is 4.79 Å². The molecule has 0 aromatic rings. The second-order valence-corrected chi connectivity index (χ2v) is 4.83. The first kappa shape index (κ1) is 13.2. The highest BCUT2D eigenvalue weighted by Gasteiger charge is 2.23. The molecule has 16 heavy (non-hydrogen) atoms. The lowest BCUT2D eigenvalue weighted by Crippen LogP contribution is -2.35. The van der Waals surface area contributed by atoms with E-state index in [9.17, 15) is 9.90 Å². The van der Waals surface area contributed by atoms with Gasteiger partial charge in [-0.1, -0.05) is 38.7 Å². The molecular weight excluding hydrogens is 202 g/mol. The normalized spacial score (nSPS) is 19.1. The molecule has 1 amide bonds. The van der Waals surface area contributed by atoms with Crippen LogP contribution in [0.4, 0.5) is 0 Å². The standard InChI is InChI=1S/C13H23NO2/c1-10(2)13(16)14-8-12(9-15)11-6-4-3-5-7-11/h11-12,15H,1,3-9H2,2H3,(H,14,16). The minimum absolute atomic E-state index is 0.103. The lowest BCUT2D eigenvalue weighted by atomic mass is 9.80. The van der Waals surface area contributed by atoms with Gasteiger partial charge in [-0.05, 0) is 12.8 Å². The molecule has 1 atom stereocenters. The van der Waals surface area contributed by atoms with Crippen LogP contribution in [-0.4, -0.2) is 24.2 Å². The van der Waals surface area contributed by atoms with Crippen molar-refractivity contribution in [2.45, 2.75) is 39.0 Å². The highest BCUT2D eigenvalue weighted by molar-refractivity contribution is 5.92. The van der Waals surface area contributed by atoms with E-state index in [1.54, 1.807) is 6.92 Å². The van der Waals surface area contributed by atoms with Crippen LogP contribution >= 0.6 is 0 Å². The van der Waals surface area contributed by atoms with E-state index in [0.717, 1.165) is 0 Å². The molecule has 0 aromatic carbocycles. The zero-order valence-electron chi connectivity index (χ0n) is 10.2. The van der Waals surface area contributed by atoms with Crippen LogP contribution in [0, 0.1) is 11.8 Å². The van der Waals surface area contributed by atoms with Crippen molar-refractivity contribution in [3.05, 3.63) is 12.2 Å². The third kappa shape index (κ3) is 3.97. The fraction of sp³-hybridized carbons (Fsp3) is 0.769. The molecule has 1 unspecified atom stereocenters. The lowest BCUT2D eigenvalue weighted by Gasteiger charge is -2.29. The third-order valence-corrected chi connectivity index (χ3v) is 3.46. The first-order chi connectivity index (χ1) is 7.65. The summed E-state index contributed by atoms with van der Waals surface area (Å²) < 4.78 is 0. The molecule has 3 heteroatoms. The van der Waals surface area contributed by atoms with Crippen LogP contribution in [0.2, 0.25) is 0 Å². The Hall–Kier alpha value is -0.830. The van der Waals surface area contributed by atoms with E-state index in [1.165, 1.54) is 32.1 Å². The van der Waals surface area contributed by atoms with E-state index in [4.69, 9.17) is 0 Å². The van der Waals surface area contributed by atoms with Gasteiger partial charge in [0, 0.05) is 24.6 Å². The Morgan fingerprint density at radius 3 is 2.56 bits per heavy atom. The highest BCUT2D eigenvalue weighted by atomic mass is 16.3. The monoisotopic (exact) mass is 225 g/mol. The molecule has 1 saturated carbocycles. The number of nitrogens with one attached hydrogen (secondary N) is 1. The van der Waals surface area contributed by atoms with Crippen molar-refractivity contribution in [1.29, 1.82) is 0 Å². The predicted octanol–water partition coefficient (Wildman–Crippen LogP) is 1.87. The van der Waals surface area contributed by atoms with Crippen molar-refractivity contribution in [2.24, 2.45) is 11.8 Å². The van der Waals surface area contributed by atoms with Crippen LogP contribution in [0.5, 0.6) is 0 Å². The second kappa shape index (κ2) is 6.69. The third-order valence-electron chi connectivity index (χ3n) is 3.46. The van der Waals surface area contributed by atoms with E-state index in [1.807, 2.05) is 0 Å². The van der Waals surface area contributed by atoms with Gasteiger partial charge < -0.3 is 10.4 Å². The molecule has 1 rings (SSSR count). The SMILES string of the molecule is C=C(C)C(=O)NCC(CO)C1CCCCC1. The Labute approximate surface area is 97.9 Å². The summed E-state index contributed by atoms with van der Waals surface area (Å²) in [6.07, 6.45) is 6.21. The van der Waals surface area contributed by atoms with Gasteiger partial charge in [0.2, 0.25) is 5.91 Å². The minimum atomic E-state index is -0.103. The van der Waals surface area contributed by atoms with Gasteiger partial charge in [-0.3, -0.25) is 4.79 Å². The molecule has 0 radical (unpaired) electrons. The molecular formula is C13H23NO2. The molecule has 0 aliphatic heterocycles. The Balaban J connectivity index is 2.35. The average molecular weight is 225 g/mol. The highest BCUT2D eigenvalue weighted by Crippen LogP contribution is 2.29. The average Bonchev–Trinajstić information content (AvgIpc) is 2.30. The fourth-order valence-corrected chi connectivity index (χ4v) is 2.36. The smallest absolute Gasteiger partial charge is 0.246 e. The number of aliphatic hydroxyl groups excluding tert-OH is 1. The van der Waals surface area contributed by atoms with Gasteiger partial charge >= 0.3 is 0 Å². The van der Waals surface area contributed by atoms with E-state index >= 15 is 0 Å². The van der Waals surface area contributed by atoms with Crippen molar-refractivity contribution in [3.8, 4) is 0 Å². The molecule has 0 bridgehead atoms. The van der Waals surface area contributed by atoms with Crippen molar-refractivity contribution in [1.82, 2.24) is 5.32 Å². The van der Waals surface area contributed by atoms with E-state index in [-0.39, 0.29) is 18.4 Å². The molecule has 0 saturated heterocycles. The summed E-state index contributed by atoms with van der Waals surface area (Å²) >= 11 is 0. The summed E-state index contributed by atoms with van der Waals surface area (Å²) in [6.45, 7) is 6.04. The Kier molecular flexibility index (Phi) is 5.53. The van der Waals surface area contributed by atoms with Crippen LogP contribution in [0.15, 0.2) is 12.2 Å². The van der Waals surface area contributed by atoms with Gasteiger partial charge in [-0.15, -0.1) is 0 Å². The van der Waals surface area contributed by atoms with Gasteiger partial charge in [0.25, 0.3) is 0 Å². The maximum atomic E-state index is 11.4. The molecule has 0 spiro atoms. The van der Waals surface area contributed by atoms with Crippen LogP contribution in [0.1, 0.15) is 39.0 Å². The summed E-state index contributed by atoms with van der Waals surface area (Å²) in [6, 6.07) is 0. The van der Waals surface area contributed by atoms with Crippen molar-refractivity contribution < 1.29 is 9.90 Å².